The third-order valence-electron chi connectivity index (χ3n) is 4.67. The molecule has 166 valence electrons. The molecule has 0 spiro atoms. The molecule has 0 aliphatic carbocycles. The van der Waals surface area contributed by atoms with Crippen LogP contribution in [0.15, 0.2) is 47.4 Å². The number of amides is 2. The molecule has 1 aliphatic heterocycles. The van der Waals surface area contributed by atoms with E-state index in [1.165, 1.54) is 15.3 Å². The minimum Gasteiger partial charge on any atom is -0.450 e. The van der Waals surface area contributed by atoms with Gasteiger partial charge in [0.15, 0.2) is 0 Å². The Bertz CT molecular complexity index is 1090. The van der Waals surface area contributed by atoms with Gasteiger partial charge in [0.2, 0.25) is 10.0 Å². The van der Waals surface area contributed by atoms with Crippen molar-refractivity contribution in [1.29, 1.82) is 0 Å². The van der Waals surface area contributed by atoms with E-state index in [0.29, 0.717) is 10.7 Å². The zero-order valence-corrected chi connectivity index (χ0v) is 18.2. The van der Waals surface area contributed by atoms with E-state index in [-0.39, 0.29) is 37.7 Å². The summed E-state index contributed by atoms with van der Waals surface area (Å²) in [7, 11) is -3.99. The number of sulfonamides is 1. The highest BCUT2D eigenvalue weighted by molar-refractivity contribution is 7.89. The number of anilines is 1. The summed E-state index contributed by atoms with van der Waals surface area (Å²) in [6.45, 7) is 2.37. The van der Waals surface area contributed by atoms with Crippen molar-refractivity contribution in [3.8, 4) is 0 Å². The molecule has 2 aromatic carbocycles. The predicted octanol–water partition coefficient (Wildman–Crippen LogP) is 3.19. The second-order valence-corrected chi connectivity index (χ2v) is 9.07. The minimum absolute atomic E-state index is 0.0581. The van der Waals surface area contributed by atoms with Gasteiger partial charge in [-0.05, 0) is 43.3 Å². The van der Waals surface area contributed by atoms with Gasteiger partial charge in [-0.15, -0.1) is 0 Å². The molecular formula is C20H21ClFN3O5S. The lowest BCUT2D eigenvalue weighted by atomic mass is 10.2. The van der Waals surface area contributed by atoms with Crippen LogP contribution in [0.1, 0.15) is 17.3 Å². The molecule has 0 radical (unpaired) electrons. The van der Waals surface area contributed by atoms with E-state index in [4.69, 9.17) is 16.3 Å². The van der Waals surface area contributed by atoms with Gasteiger partial charge in [-0.3, -0.25) is 4.79 Å². The summed E-state index contributed by atoms with van der Waals surface area (Å²) in [5, 5.41) is 2.88. The van der Waals surface area contributed by atoms with Crippen molar-refractivity contribution >= 4 is 39.3 Å². The molecular weight excluding hydrogens is 449 g/mol. The number of hydrogen-bond acceptors (Lipinski definition) is 5. The van der Waals surface area contributed by atoms with Crippen molar-refractivity contribution in [2.75, 3.05) is 38.1 Å². The topological polar surface area (TPSA) is 96.0 Å². The highest BCUT2D eigenvalue weighted by Crippen LogP contribution is 2.22. The maximum atomic E-state index is 14.3. The summed E-state index contributed by atoms with van der Waals surface area (Å²) >= 11 is 5.88. The van der Waals surface area contributed by atoms with Gasteiger partial charge in [0.25, 0.3) is 5.91 Å². The lowest BCUT2D eigenvalue weighted by molar-refractivity contribution is 0.0933. The third kappa shape index (κ3) is 5.33. The number of rotatable bonds is 5. The number of ether oxygens (including phenoxy) is 1. The lowest BCUT2D eigenvalue weighted by Gasteiger charge is -2.33. The molecule has 0 atom stereocenters. The average molecular weight is 470 g/mol. The number of carbonyl (C=O) groups is 2. The molecule has 11 heteroatoms. The van der Waals surface area contributed by atoms with Crippen LogP contribution in [0.25, 0.3) is 0 Å². The Labute approximate surface area is 184 Å². The zero-order chi connectivity index (χ0) is 22.6. The molecule has 1 heterocycles. The Balaban J connectivity index is 1.77. The number of nitrogens with zero attached hydrogens (tertiary/aromatic N) is 2. The summed E-state index contributed by atoms with van der Waals surface area (Å²) in [6, 6.07) is 9.35. The van der Waals surface area contributed by atoms with Crippen molar-refractivity contribution < 1.29 is 27.1 Å². The molecule has 0 bridgehead atoms. The standard InChI is InChI=1S/C20H21ClFN3O5S/c1-2-30-20(27)24-8-10-25(11-9-24)31(28,29)16-6-7-18(22)17(13-16)19(26)23-15-5-3-4-14(21)12-15/h3-7,12-13H,2,8-11H2,1H3,(H,23,26). The average Bonchev–Trinajstić information content (AvgIpc) is 2.74. The third-order valence-corrected chi connectivity index (χ3v) is 6.80. The van der Waals surface area contributed by atoms with E-state index >= 15 is 0 Å². The van der Waals surface area contributed by atoms with Crippen LogP contribution < -0.4 is 5.32 Å². The summed E-state index contributed by atoms with van der Waals surface area (Å²) < 4.78 is 46.4. The normalized spacial score (nSPS) is 14.9. The minimum atomic E-state index is -3.99. The maximum absolute atomic E-state index is 14.3. The van der Waals surface area contributed by atoms with E-state index in [0.717, 1.165) is 18.2 Å². The number of halogens is 2. The van der Waals surface area contributed by atoms with E-state index in [9.17, 15) is 22.4 Å². The molecule has 0 saturated carbocycles. The molecule has 0 aromatic heterocycles. The summed E-state index contributed by atoms with van der Waals surface area (Å²) in [4.78, 5) is 25.5. The quantitative estimate of drug-likeness (QED) is 0.725. The number of benzene rings is 2. The zero-order valence-electron chi connectivity index (χ0n) is 16.7. The molecule has 2 amide bonds. The molecule has 1 aliphatic rings. The number of piperazine rings is 1. The van der Waals surface area contributed by atoms with Gasteiger partial charge in [0.1, 0.15) is 5.82 Å². The first-order chi connectivity index (χ1) is 14.7. The maximum Gasteiger partial charge on any atom is 0.409 e. The molecule has 1 saturated heterocycles. The van der Waals surface area contributed by atoms with Gasteiger partial charge in [-0.25, -0.2) is 17.6 Å². The van der Waals surface area contributed by atoms with E-state index in [1.54, 1.807) is 25.1 Å². The van der Waals surface area contributed by atoms with Crippen LogP contribution in [0.3, 0.4) is 0 Å². The monoisotopic (exact) mass is 469 g/mol. The molecule has 0 unspecified atom stereocenters. The second kappa shape index (κ2) is 9.63. The van der Waals surface area contributed by atoms with Crippen molar-refractivity contribution in [3.63, 3.8) is 0 Å². The smallest absolute Gasteiger partial charge is 0.409 e. The van der Waals surface area contributed by atoms with E-state index < -0.39 is 33.4 Å². The Morgan fingerprint density at radius 3 is 2.48 bits per heavy atom. The van der Waals surface area contributed by atoms with Crippen molar-refractivity contribution in [2.24, 2.45) is 0 Å². The Morgan fingerprint density at radius 1 is 1.13 bits per heavy atom. The van der Waals surface area contributed by atoms with Gasteiger partial charge in [0.05, 0.1) is 17.1 Å². The van der Waals surface area contributed by atoms with Gasteiger partial charge >= 0.3 is 6.09 Å². The predicted molar refractivity (Wildman–Crippen MR) is 113 cm³/mol. The number of carbonyl (C=O) groups excluding carboxylic acids is 2. The van der Waals surface area contributed by atoms with Crippen LogP contribution in [0, 0.1) is 5.82 Å². The molecule has 8 nitrogen and oxygen atoms in total. The van der Waals surface area contributed by atoms with Crippen LogP contribution in [-0.4, -0.2) is 62.4 Å². The largest absolute Gasteiger partial charge is 0.450 e. The highest BCUT2D eigenvalue weighted by atomic mass is 35.5. The Kier molecular flexibility index (Phi) is 7.14. The van der Waals surface area contributed by atoms with Crippen LogP contribution in [0.4, 0.5) is 14.9 Å². The van der Waals surface area contributed by atoms with Crippen molar-refractivity contribution in [1.82, 2.24) is 9.21 Å². The number of nitrogens with one attached hydrogen (secondary N) is 1. The Hall–Kier alpha value is -2.69. The highest BCUT2D eigenvalue weighted by Gasteiger charge is 2.31. The fourth-order valence-corrected chi connectivity index (χ4v) is 4.72. The van der Waals surface area contributed by atoms with Crippen molar-refractivity contribution in [2.45, 2.75) is 11.8 Å². The van der Waals surface area contributed by atoms with Gasteiger partial charge < -0.3 is 15.0 Å². The van der Waals surface area contributed by atoms with Gasteiger partial charge in [-0.2, -0.15) is 4.31 Å². The summed E-state index contributed by atoms with van der Waals surface area (Å²) in [5.74, 6) is -1.66. The Morgan fingerprint density at radius 2 is 1.84 bits per heavy atom. The van der Waals surface area contributed by atoms with E-state index in [2.05, 4.69) is 5.32 Å². The van der Waals surface area contributed by atoms with E-state index in [1.807, 2.05) is 0 Å². The molecule has 31 heavy (non-hydrogen) atoms. The molecule has 1 fully saturated rings. The summed E-state index contributed by atoms with van der Waals surface area (Å²) in [6.07, 6.45) is -0.499. The van der Waals surface area contributed by atoms with Crippen molar-refractivity contribution in [3.05, 3.63) is 58.9 Å². The van der Waals surface area contributed by atoms with Crippen LogP contribution >= 0.6 is 11.6 Å². The fourth-order valence-electron chi connectivity index (χ4n) is 3.08. The first-order valence-corrected chi connectivity index (χ1v) is 11.3. The SMILES string of the molecule is CCOC(=O)N1CCN(S(=O)(=O)c2ccc(F)c(C(=O)Nc3cccc(Cl)c3)c2)CC1. The van der Waals surface area contributed by atoms with Crippen LogP contribution in [0.5, 0.6) is 0 Å². The van der Waals surface area contributed by atoms with Crippen LogP contribution in [0.2, 0.25) is 5.02 Å². The molecule has 3 rings (SSSR count). The fraction of sp³-hybridized carbons (Fsp3) is 0.300. The first-order valence-electron chi connectivity index (χ1n) is 9.50. The number of hydrogen-bond donors (Lipinski definition) is 1. The van der Waals surface area contributed by atoms with Crippen LogP contribution in [-0.2, 0) is 14.8 Å². The molecule has 2 aromatic rings. The summed E-state index contributed by atoms with van der Waals surface area (Å²) in [5.41, 5.74) is -0.0635. The lowest BCUT2D eigenvalue weighted by Crippen LogP contribution is -2.50. The first kappa shape index (κ1) is 23.0. The molecule has 1 N–H and O–H groups in total. The second-order valence-electron chi connectivity index (χ2n) is 6.70. The van der Waals surface area contributed by atoms with Gasteiger partial charge in [0, 0.05) is 36.9 Å². The van der Waals surface area contributed by atoms with Gasteiger partial charge in [-0.1, -0.05) is 17.7 Å².